The number of benzene rings is 8. The van der Waals surface area contributed by atoms with Gasteiger partial charge in [-0.3, -0.25) is 0 Å². The molecule has 1 aliphatic rings. The number of fused-ring (bicyclic) bond motifs is 4. The topological polar surface area (TPSA) is 33.1 Å². The molecule has 0 unspecified atom stereocenters. The van der Waals surface area contributed by atoms with Crippen molar-refractivity contribution < 1.29 is 28.5 Å². The van der Waals surface area contributed by atoms with Gasteiger partial charge in [0.2, 0.25) is 5.69 Å². The van der Waals surface area contributed by atoms with Crippen LogP contribution in [0.2, 0.25) is 0 Å². The summed E-state index contributed by atoms with van der Waals surface area (Å²) < 4.78 is 32.4. The molecule has 6 heteroatoms. The Morgan fingerprint density at radius 2 is 1.22 bits per heavy atom. The van der Waals surface area contributed by atoms with Crippen molar-refractivity contribution in [3.05, 3.63) is 218 Å². The van der Waals surface area contributed by atoms with E-state index in [-0.39, 0.29) is 26.5 Å². The van der Waals surface area contributed by atoms with Crippen LogP contribution in [0.15, 0.2) is 194 Å². The second-order valence-electron chi connectivity index (χ2n) is 19.4. The molecule has 0 fully saturated rings. The Bertz CT molecular complexity index is 3660. The fraction of sp³-hybridized carbons (Fsp3) is 0.143. The first-order valence-electron chi connectivity index (χ1n) is 24.2. The van der Waals surface area contributed by atoms with Crippen LogP contribution < -0.4 is 13.9 Å². The fourth-order valence-electron chi connectivity index (χ4n) is 9.27. The molecular weight excluding hydrogens is 1020 g/mol. The van der Waals surface area contributed by atoms with E-state index >= 15 is 0 Å². The number of nitrogens with zero attached hydrogens (tertiary/aromatic N) is 4. The summed E-state index contributed by atoms with van der Waals surface area (Å²) in [5.41, 5.74) is 12.2. The summed E-state index contributed by atoms with van der Waals surface area (Å²) in [4.78, 5) is 4.93. The van der Waals surface area contributed by atoms with Crippen LogP contribution in [0.3, 0.4) is 0 Å². The van der Waals surface area contributed by atoms with Crippen molar-refractivity contribution in [2.24, 2.45) is 5.41 Å². The van der Waals surface area contributed by atoms with Gasteiger partial charge in [-0.2, -0.15) is 12.1 Å². The predicted octanol–water partition coefficient (Wildman–Crippen LogP) is 16.3. The Balaban J connectivity index is 0.00000582. The quantitative estimate of drug-likeness (QED) is 0.107. The minimum Gasteiger partial charge on any atom is -0.509 e. The van der Waals surface area contributed by atoms with Crippen LogP contribution in [0.4, 0.5) is 22.7 Å². The molecule has 0 bridgehead atoms. The third kappa shape index (κ3) is 8.81. The SMILES string of the molecule is [2H]C([2H])(c1cccc2c1[N+](c1c(-c3ccccc3)cccc1-c1ccccc1)=C=[N+]2c1[c-]c(Oc2[c-]c3c(cc2)c2cc(-c4ccccc4)ccc2n3-c2cc(C(C)(C)C)ccn2)ccc1)C(C)(C)C.[Pt+2]. The third-order valence-electron chi connectivity index (χ3n) is 12.4. The normalized spacial score (nSPS) is 13.0. The molecule has 338 valence electrons. The van der Waals surface area contributed by atoms with Gasteiger partial charge in [0.1, 0.15) is 11.5 Å². The van der Waals surface area contributed by atoms with Gasteiger partial charge in [0, 0.05) is 37.6 Å². The zero-order chi connectivity index (χ0) is 48.4. The third-order valence-corrected chi connectivity index (χ3v) is 12.4. The Morgan fingerprint density at radius 1 is 0.580 bits per heavy atom. The monoisotopic (exact) mass is 1080 g/mol. The Labute approximate surface area is 422 Å². The number of aromatic nitrogens is 2. The zero-order valence-corrected chi connectivity index (χ0v) is 41.8. The molecular formula is C63H52N4OPt+2. The van der Waals surface area contributed by atoms with Crippen LogP contribution >= 0.6 is 0 Å². The van der Waals surface area contributed by atoms with E-state index in [1.165, 1.54) is 5.56 Å². The summed E-state index contributed by atoms with van der Waals surface area (Å²) in [5.74, 6) is 1.83. The Hall–Kier alpha value is -7.42. The number of para-hydroxylation sites is 2. The second-order valence-corrected chi connectivity index (χ2v) is 19.4. The molecule has 0 spiro atoms. The summed E-state index contributed by atoms with van der Waals surface area (Å²) in [7, 11) is 0. The van der Waals surface area contributed by atoms with E-state index in [1.807, 2.05) is 116 Å². The average Bonchev–Trinajstić information content (AvgIpc) is 3.92. The van der Waals surface area contributed by atoms with E-state index in [9.17, 15) is 2.74 Å². The molecule has 2 aromatic heterocycles. The van der Waals surface area contributed by atoms with Crippen LogP contribution in [0, 0.1) is 17.5 Å². The first-order chi connectivity index (χ1) is 33.7. The van der Waals surface area contributed by atoms with E-state index in [0.717, 1.165) is 72.4 Å². The van der Waals surface area contributed by atoms with Crippen LogP contribution in [-0.2, 0) is 32.9 Å². The average molecular weight is 1080 g/mol. The van der Waals surface area contributed by atoms with Gasteiger partial charge < -0.3 is 9.30 Å². The van der Waals surface area contributed by atoms with Crippen LogP contribution in [0.1, 0.15) is 55.4 Å². The van der Waals surface area contributed by atoms with Crippen LogP contribution in [-0.4, -0.2) is 15.6 Å². The van der Waals surface area contributed by atoms with Gasteiger partial charge in [-0.15, -0.1) is 23.6 Å². The summed E-state index contributed by atoms with van der Waals surface area (Å²) in [6.45, 7) is 12.5. The number of rotatable bonds is 9. The second kappa shape index (κ2) is 18.2. The molecule has 0 saturated carbocycles. The van der Waals surface area contributed by atoms with Crippen molar-refractivity contribution in [2.75, 3.05) is 0 Å². The number of pyridine rings is 1. The smallest absolute Gasteiger partial charge is 0.509 e. The predicted molar refractivity (Wildman–Crippen MR) is 282 cm³/mol. The molecule has 0 radical (unpaired) electrons. The van der Waals surface area contributed by atoms with Gasteiger partial charge in [-0.05, 0) is 85.3 Å². The molecule has 0 saturated heterocycles. The standard InChI is InChI=1S/C63H52N4O.Pt/c1-62(2,3)41-47-25-16-30-57-60(47)66(61-52(44-21-12-8-13-22-44)28-18-29-53(61)45-23-14-9-15-24-45)42-65(57)49-26-17-27-50(39-49)68-51-32-33-54-55-37-46(43-19-10-7-11-20-43)31-34-56(55)67(58(54)40-51)59-38-48(35-36-64-59)63(4,5)6;/h7-38H,41H2,1-6H3;/q;+2/i41D2;. The molecule has 0 amide bonds. The number of hydrogen-bond acceptors (Lipinski definition) is 2. The minimum atomic E-state index is -1.73. The van der Waals surface area contributed by atoms with Crippen molar-refractivity contribution in [2.45, 2.75) is 53.3 Å². The molecule has 8 aromatic carbocycles. The van der Waals surface area contributed by atoms with Gasteiger partial charge in [0.25, 0.3) is 5.69 Å². The largest absolute Gasteiger partial charge is 2.00 e. The fourth-order valence-corrected chi connectivity index (χ4v) is 9.27. The van der Waals surface area contributed by atoms with Gasteiger partial charge in [-0.25, -0.2) is 4.98 Å². The molecule has 10 aromatic rings. The van der Waals surface area contributed by atoms with Crippen molar-refractivity contribution in [1.82, 2.24) is 18.7 Å². The maximum atomic E-state index is 9.71. The maximum absolute atomic E-state index is 9.71. The van der Waals surface area contributed by atoms with Crippen LogP contribution in [0.5, 0.6) is 11.5 Å². The van der Waals surface area contributed by atoms with E-state index in [0.29, 0.717) is 28.4 Å². The first-order valence-corrected chi connectivity index (χ1v) is 23.2. The molecule has 1 aliphatic heterocycles. The number of ether oxygens (including phenoxy) is 1. The Morgan fingerprint density at radius 3 is 1.88 bits per heavy atom. The summed E-state index contributed by atoms with van der Waals surface area (Å²) >= 11 is 0. The van der Waals surface area contributed by atoms with E-state index in [4.69, 9.17) is 9.72 Å². The minimum absolute atomic E-state index is 0. The summed E-state index contributed by atoms with van der Waals surface area (Å²) in [6.07, 6.45) is 0.155. The molecule has 5 nitrogen and oxygen atoms in total. The van der Waals surface area contributed by atoms with Crippen LogP contribution in [0.25, 0.3) is 61.0 Å². The van der Waals surface area contributed by atoms with E-state index in [2.05, 4.69) is 151 Å². The zero-order valence-electron chi connectivity index (χ0n) is 41.5. The number of hydrogen-bond donors (Lipinski definition) is 0. The van der Waals surface area contributed by atoms with Gasteiger partial charge >= 0.3 is 32.8 Å². The van der Waals surface area contributed by atoms with E-state index < -0.39 is 11.8 Å². The van der Waals surface area contributed by atoms with Gasteiger partial charge in [-0.1, -0.05) is 185 Å². The molecule has 0 atom stereocenters. The molecule has 11 rings (SSSR count). The van der Waals surface area contributed by atoms with Crippen molar-refractivity contribution in [1.29, 1.82) is 0 Å². The Kier molecular flexibility index (Phi) is 11.3. The first kappa shape index (κ1) is 42.9. The van der Waals surface area contributed by atoms with Gasteiger partial charge in [0.05, 0.1) is 11.1 Å². The van der Waals surface area contributed by atoms with Crippen molar-refractivity contribution >= 4 is 50.6 Å². The summed E-state index contributed by atoms with van der Waals surface area (Å²) in [5, 5.41) is 2.13. The van der Waals surface area contributed by atoms with Gasteiger partial charge in [0.15, 0.2) is 0 Å². The summed E-state index contributed by atoms with van der Waals surface area (Å²) in [6, 6.07) is 75.2. The molecule has 0 aliphatic carbocycles. The molecule has 3 heterocycles. The van der Waals surface area contributed by atoms with E-state index in [1.54, 1.807) is 0 Å². The van der Waals surface area contributed by atoms with Crippen molar-refractivity contribution in [3.8, 4) is 50.7 Å². The van der Waals surface area contributed by atoms with Crippen molar-refractivity contribution in [3.63, 3.8) is 0 Å². The maximum Gasteiger partial charge on any atom is 2.00 e. The molecule has 69 heavy (non-hydrogen) atoms. The molecule has 0 N–H and O–H groups in total.